The van der Waals surface area contributed by atoms with E-state index in [1.54, 1.807) is 0 Å². The fourth-order valence-electron chi connectivity index (χ4n) is 1.53. The summed E-state index contributed by atoms with van der Waals surface area (Å²) in [4.78, 5) is 0. The maximum Gasteiger partial charge on any atom is 1.00 e. The van der Waals surface area contributed by atoms with Gasteiger partial charge in [-0.15, -0.1) is 5.46 Å². The largest absolute Gasteiger partial charge is 1.00 e. The van der Waals surface area contributed by atoms with E-state index in [0.717, 1.165) is 23.9 Å². The molecule has 0 aromatic heterocycles. The molecule has 1 aromatic carbocycles. The zero-order valence-electron chi connectivity index (χ0n) is 7.86. The first-order valence-corrected chi connectivity index (χ1v) is 4.14. The van der Waals surface area contributed by atoms with Crippen molar-refractivity contribution in [2.24, 2.45) is 0 Å². The minimum absolute atomic E-state index is 0. The molecule has 6 heteroatoms. The van der Waals surface area contributed by atoms with Crippen LogP contribution in [0.15, 0.2) is 18.2 Å². The van der Waals surface area contributed by atoms with Crippen LogP contribution in [0.25, 0.3) is 0 Å². The zero-order chi connectivity index (χ0) is 9.47. The van der Waals surface area contributed by atoms with Gasteiger partial charge in [0.05, 0.1) is 0 Å². The summed E-state index contributed by atoms with van der Waals surface area (Å²) >= 11 is 0. The first-order valence-electron chi connectivity index (χ1n) is 4.14. The van der Waals surface area contributed by atoms with E-state index in [2.05, 4.69) is 5.32 Å². The number of fused-ring (bicyclic) bond motifs is 1. The standard InChI is InChI=1S/C8H8BF3N.K/c10-9(11,12)7-1-2-8-6(5-7)3-4-13-8;/h1-2,5,13H,3-4H2;/q-1;+1. The Balaban J connectivity index is 0.000000980. The van der Waals surface area contributed by atoms with E-state index in [-0.39, 0.29) is 51.4 Å². The van der Waals surface area contributed by atoms with E-state index in [9.17, 15) is 12.9 Å². The van der Waals surface area contributed by atoms with Crippen LogP contribution in [0, 0.1) is 0 Å². The van der Waals surface area contributed by atoms with Crippen molar-refractivity contribution in [3.05, 3.63) is 23.8 Å². The van der Waals surface area contributed by atoms with E-state index >= 15 is 0 Å². The molecule has 1 nitrogen and oxygen atoms in total. The second-order valence-electron chi connectivity index (χ2n) is 3.17. The van der Waals surface area contributed by atoms with Crippen molar-refractivity contribution in [2.45, 2.75) is 6.42 Å². The summed E-state index contributed by atoms with van der Waals surface area (Å²) in [6, 6.07) is 3.89. The monoisotopic (exact) mass is 225 g/mol. The molecule has 1 N–H and O–H groups in total. The summed E-state index contributed by atoms with van der Waals surface area (Å²) < 4.78 is 36.9. The van der Waals surface area contributed by atoms with E-state index < -0.39 is 12.4 Å². The molecule has 70 valence electrons. The normalized spacial score (nSPS) is 14.2. The van der Waals surface area contributed by atoms with Gasteiger partial charge in [0, 0.05) is 12.2 Å². The molecule has 1 aliphatic rings. The van der Waals surface area contributed by atoms with Gasteiger partial charge in [-0.2, -0.15) is 0 Å². The second-order valence-corrected chi connectivity index (χ2v) is 3.17. The van der Waals surface area contributed by atoms with E-state index in [4.69, 9.17) is 0 Å². The van der Waals surface area contributed by atoms with Crippen LogP contribution in [0.4, 0.5) is 18.6 Å². The smallest absolute Gasteiger partial charge is 0.445 e. The number of hydrogen-bond donors (Lipinski definition) is 1. The number of hydrogen-bond acceptors (Lipinski definition) is 1. The SMILES string of the molecule is F[B-](F)(F)c1ccc2c(c1)CCN2.[K+]. The molecule has 1 aromatic rings. The molecule has 1 aliphatic heterocycles. The van der Waals surface area contributed by atoms with Crippen LogP contribution in [0.5, 0.6) is 0 Å². The Bertz CT molecular complexity index is 340. The van der Waals surface area contributed by atoms with Crippen molar-refractivity contribution in [1.82, 2.24) is 0 Å². The minimum atomic E-state index is -4.85. The van der Waals surface area contributed by atoms with Crippen LogP contribution < -0.4 is 62.2 Å². The topological polar surface area (TPSA) is 12.0 Å². The van der Waals surface area contributed by atoms with Crippen LogP contribution in [0.3, 0.4) is 0 Å². The zero-order valence-corrected chi connectivity index (χ0v) is 11.0. The van der Waals surface area contributed by atoms with Crippen molar-refractivity contribution in [3.63, 3.8) is 0 Å². The Hall–Kier alpha value is 0.511. The molecule has 0 unspecified atom stereocenters. The van der Waals surface area contributed by atoms with Crippen molar-refractivity contribution in [2.75, 3.05) is 11.9 Å². The quantitative estimate of drug-likeness (QED) is 0.586. The summed E-state index contributed by atoms with van der Waals surface area (Å²) in [6.45, 7) is -4.11. The molecule has 0 saturated carbocycles. The average molecular weight is 225 g/mol. The van der Waals surface area contributed by atoms with Gasteiger partial charge >= 0.3 is 58.4 Å². The van der Waals surface area contributed by atoms with Crippen molar-refractivity contribution in [3.8, 4) is 0 Å². The van der Waals surface area contributed by atoms with E-state index in [1.165, 1.54) is 12.1 Å². The molecule has 0 atom stereocenters. The number of benzene rings is 1. The number of halogens is 3. The third kappa shape index (κ3) is 2.55. The number of nitrogens with one attached hydrogen (secondary N) is 1. The summed E-state index contributed by atoms with van der Waals surface area (Å²) in [6.07, 6.45) is 0.690. The van der Waals surface area contributed by atoms with Gasteiger partial charge in [0.25, 0.3) is 0 Å². The molecule has 0 fully saturated rings. The van der Waals surface area contributed by atoms with Crippen LogP contribution in [0.1, 0.15) is 5.56 Å². The fourth-order valence-corrected chi connectivity index (χ4v) is 1.53. The van der Waals surface area contributed by atoms with Gasteiger partial charge in [-0.1, -0.05) is 12.1 Å². The summed E-state index contributed by atoms with van der Waals surface area (Å²) in [5.74, 6) is 0. The van der Waals surface area contributed by atoms with Crippen molar-refractivity contribution >= 4 is 18.1 Å². The molecular formula is C8H8BF3KN. The van der Waals surface area contributed by atoms with Gasteiger partial charge in [0.1, 0.15) is 0 Å². The van der Waals surface area contributed by atoms with E-state index in [1.807, 2.05) is 0 Å². The van der Waals surface area contributed by atoms with Gasteiger partial charge in [0.2, 0.25) is 0 Å². The molecule has 2 rings (SSSR count). The van der Waals surface area contributed by atoms with Crippen LogP contribution in [0.2, 0.25) is 0 Å². The van der Waals surface area contributed by atoms with Crippen molar-refractivity contribution < 1.29 is 64.3 Å². The van der Waals surface area contributed by atoms with Crippen LogP contribution >= 0.6 is 0 Å². The van der Waals surface area contributed by atoms with E-state index in [0.29, 0.717) is 6.42 Å². The van der Waals surface area contributed by atoms with Gasteiger partial charge in [-0.05, 0) is 18.1 Å². The van der Waals surface area contributed by atoms with Gasteiger partial charge in [-0.25, -0.2) is 0 Å². The van der Waals surface area contributed by atoms with Crippen LogP contribution in [-0.2, 0) is 6.42 Å². The molecule has 14 heavy (non-hydrogen) atoms. The molecule has 1 heterocycles. The minimum Gasteiger partial charge on any atom is -0.445 e. The first-order chi connectivity index (χ1) is 6.07. The average Bonchev–Trinajstić information content (AvgIpc) is 2.47. The molecule has 0 bridgehead atoms. The third-order valence-electron chi connectivity index (χ3n) is 2.22. The summed E-state index contributed by atoms with van der Waals surface area (Å²) in [7, 11) is 0. The van der Waals surface area contributed by atoms with Gasteiger partial charge in [0.15, 0.2) is 0 Å². The number of anilines is 1. The maximum atomic E-state index is 12.3. The Morgan fingerprint density at radius 3 is 2.57 bits per heavy atom. The predicted octanol–water partition coefficient (Wildman–Crippen LogP) is -1.29. The third-order valence-corrected chi connectivity index (χ3v) is 2.22. The molecule has 0 spiro atoms. The summed E-state index contributed by atoms with van der Waals surface area (Å²) in [5, 5.41) is 3.02. The Morgan fingerprint density at radius 1 is 1.21 bits per heavy atom. The van der Waals surface area contributed by atoms with Crippen LogP contribution in [-0.4, -0.2) is 13.5 Å². The Kier molecular flexibility index (Phi) is 4.11. The van der Waals surface area contributed by atoms with Crippen molar-refractivity contribution in [1.29, 1.82) is 0 Å². The Morgan fingerprint density at radius 2 is 1.93 bits per heavy atom. The van der Waals surface area contributed by atoms with Gasteiger partial charge < -0.3 is 18.3 Å². The van der Waals surface area contributed by atoms with Gasteiger partial charge in [-0.3, -0.25) is 0 Å². The summed E-state index contributed by atoms with van der Waals surface area (Å²) in [5.41, 5.74) is 1.11. The second kappa shape index (κ2) is 4.57. The number of rotatable bonds is 1. The first kappa shape index (κ1) is 12.6. The maximum absolute atomic E-state index is 12.3. The fraction of sp³-hybridized carbons (Fsp3) is 0.250. The molecule has 0 aliphatic carbocycles. The molecular weight excluding hydrogens is 217 g/mol. The molecule has 0 saturated heterocycles. The predicted molar refractivity (Wildman–Crippen MR) is 47.3 cm³/mol. The Labute approximate surface area is 123 Å². The molecule has 0 radical (unpaired) electrons. The molecule has 0 amide bonds.